The highest BCUT2D eigenvalue weighted by atomic mass is 15.2. The van der Waals surface area contributed by atoms with Gasteiger partial charge in [-0.2, -0.15) is 0 Å². The molecule has 67 heavy (non-hydrogen) atoms. The van der Waals surface area contributed by atoms with Crippen LogP contribution in [0.25, 0.3) is 65.3 Å². The summed E-state index contributed by atoms with van der Waals surface area (Å²) in [5.41, 5.74) is 16.5. The molecule has 0 heterocycles. The molecule has 0 amide bonds. The Balaban J connectivity index is 1.03. The first-order valence-electron chi connectivity index (χ1n) is 23.3. The number of para-hydroxylation sites is 2. The first-order chi connectivity index (χ1) is 33.3. The fraction of sp³-hybridized carbons (Fsp3) is 0.0154. The monoisotopic (exact) mass is 850 g/mol. The van der Waals surface area contributed by atoms with Gasteiger partial charge in [0.1, 0.15) is 0 Å². The Morgan fingerprint density at radius 1 is 0.239 bits per heavy atom. The van der Waals surface area contributed by atoms with Crippen molar-refractivity contribution in [1.29, 1.82) is 0 Å². The van der Waals surface area contributed by atoms with E-state index in [-0.39, 0.29) is 0 Å². The molecular formula is C65H42N2. The summed E-state index contributed by atoms with van der Waals surface area (Å²) in [5, 5.41) is 10.0. The molecule has 2 heteroatoms. The van der Waals surface area contributed by atoms with Crippen molar-refractivity contribution in [1.82, 2.24) is 0 Å². The molecule has 2 aliphatic rings. The number of hydrogen-bond donors (Lipinski definition) is 0. The summed E-state index contributed by atoms with van der Waals surface area (Å²) in [7, 11) is 0. The zero-order valence-electron chi connectivity index (χ0n) is 36.6. The maximum Gasteiger partial charge on any atom is 0.0727 e. The Morgan fingerprint density at radius 3 is 1.42 bits per heavy atom. The lowest BCUT2D eigenvalue weighted by atomic mass is 9.70. The van der Waals surface area contributed by atoms with E-state index < -0.39 is 5.41 Å². The van der Waals surface area contributed by atoms with E-state index in [9.17, 15) is 0 Å². The predicted molar refractivity (Wildman–Crippen MR) is 282 cm³/mol. The van der Waals surface area contributed by atoms with Crippen molar-refractivity contribution in [3.63, 3.8) is 0 Å². The molecule has 12 aromatic carbocycles. The molecule has 0 aliphatic heterocycles. The van der Waals surface area contributed by atoms with Crippen LogP contribution in [0.2, 0.25) is 0 Å². The second-order valence-electron chi connectivity index (χ2n) is 17.9. The van der Waals surface area contributed by atoms with Crippen LogP contribution in [0.3, 0.4) is 0 Å². The normalized spacial score (nSPS) is 14.3. The van der Waals surface area contributed by atoms with Gasteiger partial charge in [0.15, 0.2) is 0 Å². The summed E-state index contributed by atoms with van der Waals surface area (Å²) in [4.78, 5) is 4.94. The highest BCUT2D eigenvalue weighted by Crippen LogP contribution is 2.65. The lowest BCUT2D eigenvalue weighted by molar-refractivity contribution is 0.793. The Morgan fingerprint density at radius 2 is 0.701 bits per heavy atom. The van der Waals surface area contributed by atoms with Crippen LogP contribution in [-0.2, 0) is 5.41 Å². The van der Waals surface area contributed by atoms with E-state index in [0.29, 0.717) is 0 Å². The first kappa shape index (κ1) is 37.6. The molecule has 1 spiro atoms. The van der Waals surface area contributed by atoms with Crippen molar-refractivity contribution < 1.29 is 0 Å². The summed E-state index contributed by atoms with van der Waals surface area (Å²) >= 11 is 0. The molecule has 0 N–H and O–H groups in total. The molecule has 0 fully saturated rings. The minimum atomic E-state index is -0.578. The molecule has 1 unspecified atom stereocenters. The van der Waals surface area contributed by atoms with Crippen LogP contribution in [0.4, 0.5) is 34.1 Å². The average Bonchev–Trinajstić information content (AvgIpc) is 3.87. The van der Waals surface area contributed by atoms with Gasteiger partial charge in [-0.05, 0) is 137 Å². The Hall–Kier alpha value is -8.72. The number of fused-ring (bicyclic) bond motifs is 17. The fourth-order valence-electron chi connectivity index (χ4n) is 11.9. The van der Waals surface area contributed by atoms with Crippen molar-refractivity contribution in [3.8, 4) is 22.3 Å². The molecule has 0 radical (unpaired) electrons. The van der Waals surface area contributed by atoms with Crippen molar-refractivity contribution >= 4 is 77.2 Å². The molecule has 2 nitrogen and oxygen atoms in total. The van der Waals surface area contributed by atoms with Crippen LogP contribution < -0.4 is 9.80 Å². The topological polar surface area (TPSA) is 6.48 Å². The fourth-order valence-corrected chi connectivity index (χ4v) is 11.9. The van der Waals surface area contributed by atoms with Crippen LogP contribution in [0.1, 0.15) is 22.3 Å². The van der Waals surface area contributed by atoms with E-state index in [1.807, 2.05) is 0 Å². The third-order valence-corrected chi connectivity index (χ3v) is 14.6. The van der Waals surface area contributed by atoms with Crippen molar-refractivity contribution in [3.05, 3.63) is 277 Å². The SMILES string of the molecule is c1ccc(N(c2ccc3c(c2)C2(c4ccccc4-3)c3ccccc3-c3c(N(c4ccccc4)c4cccc5ccccc45)cccc32)c2ccc3c4ccccc4c4ccccc4c3c2)cc1. The van der Waals surface area contributed by atoms with E-state index >= 15 is 0 Å². The molecule has 0 saturated carbocycles. The molecule has 0 saturated heterocycles. The summed E-state index contributed by atoms with van der Waals surface area (Å²) in [6.07, 6.45) is 0. The Bertz CT molecular complexity index is 3910. The molecule has 14 rings (SSSR count). The Labute approximate surface area is 389 Å². The maximum atomic E-state index is 2.50. The molecule has 1 atom stereocenters. The molecule has 0 bridgehead atoms. The number of rotatable bonds is 6. The highest BCUT2D eigenvalue weighted by Gasteiger charge is 2.52. The quantitative estimate of drug-likeness (QED) is 0.154. The number of benzene rings is 12. The Kier molecular flexibility index (Phi) is 8.23. The van der Waals surface area contributed by atoms with Gasteiger partial charge in [0, 0.05) is 33.7 Å². The second-order valence-corrected chi connectivity index (χ2v) is 17.9. The van der Waals surface area contributed by atoms with Crippen LogP contribution in [0, 0.1) is 0 Å². The highest BCUT2D eigenvalue weighted by molar-refractivity contribution is 6.26. The van der Waals surface area contributed by atoms with Crippen LogP contribution in [0.15, 0.2) is 255 Å². The predicted octanol–water partition coefficient (Wildman–Crippen LogP) is 17.6. The maximum absolute atomic E-state index is 2.50. The number of hydrogen-bond acceptors (Lipinski definition) is 2. The molecule has 12 aromatic rings. The zero-order chi connectivity index (χ0) is 44.1. The van der Waals surface area contributed by atoms with Gasteiger partial charge >= 0.3 is 0 Å². The molecular weight excluding hydrogens is 809 g/mol. The summed E-state index contributed by atoms with van der Waals surface area (Å²) < 4.78 is 0. The molecule has 0 aromatic heterocycles. The van der Waals surface area contributed by atoms with E-state index in [1.54, 1.807) is 0 Å². The van der Waals surface area contributed by atoms with Crippen molar-refractivity contribution in [2.75, 3.05) is 9.80 Å². The van der Waals surface area contributed by atoms with Crippen LogP contribution in [0.5, 0.6) is 0 Å². The average molecular weight is 851 g/mol. The van der Waals surface area contributed by atoms with Gasteiger partial charge in [-0.3, -0.25) is 0 Å². The lowest BCUT2D eigenvalue weighted by Gasteiger charge is -2.33. The van der Waals surface area contributed by atoms with Crippen LogP contribution >= 0.6 is 0 Å². The van der Waals surface area contributed by atoms with Gasteiger partial charge in [0.25, 0.3) is 0 Å². The van der Waals surface area contributed by atoms with Crippen molar-refractivity contribution in [2.45, 2.75) is 5.41 Å². The number of anilines is 6. The van der Waals surface area contributed by atoms with Gasteiger partial charge in [-0.1, -0.05) is 194 Å². The van der Waals surface area contributed by atoms with Gasteiger partial charge < -0.3 is 9.80 Å². The van der Waals surface area contributed by atoms with E-state index in [0.717, 1.165) is 34.1 Å². The number of nitrogens with zero attached hydrogens (tertiary/aromatic N) is 2. The third kappa shape index (κ3) is 5.39. The van der Waals surface area contributed by atoms with Gasteiger partial charge in [-0.25, -0.2) is 0 Å². The smallest absolute Gasteiger partial charge is 0.0727 e. The second kappa shape index (κ2) is 14.7. The third-order valence-electron chi connectivity index (χ3n) is 14.6. The largest absolute Gasteiger partial charge is 0.310 e. The van der Waals surface area contributed by atoms with E-state index in [4.69, 9.17) is 0 Å². The summed E-state index contributed by atoms with van der Waals surface area (Å²) in [6.45, 7) is 0. The summed E-state index contributed by atoms with van der Waals surface area (Å²) in [6, 6.07) is 94.5. The first-order valence-corrected chi connectivity index (χ1v) is 23.3. The van der Waals surface area contributed by atoms with E-state index in [2.05, 4.69) is 265 Å². The van der Waals surface area contributed by atoms with E-state index in [1.165, 1.54) is 87.6 Å². The minimum Gasteiger partial charge on any atom is -0.310 e. The molecule has 312 valence electrons. The zero-order valence-corrected chi connectivity index (χ0v) is 36.6. The molecule has 2 aliphatic carbocycles. The van der Waals surface area contributed by atoms with Crippen molar-refractivity contribution in [2.24, 2.45) is 0 Å². The van der Waals surface area contributed by atoms with Gasteiger partial charge in [-0.15, -0.1) is 0 Å². The summed E-state index contributed by atoms with van der Waals surface area (Å²) in [5.74, 6) is 0. The van der Waals surface area contributed by atoms with Gasteiger partial charge in [0.05, 0.1) is 16.8 Å². The minimum absolute atomic E-state index is 0.578. The van der Waals surface area contributed by atoms with Gasteiger partial charge in [0.2, 0.25) is 0 Å². The standard InChI is InChI=1S/C65H42N2/c1-3-21-44(22-4-1)66(46-37-39-53-51-28-10-9-26-49(51)50-27-11-12-29-52(50)57(53)41-46)47-38-40-55-54-30-13-15-32-58(54)65(61(55)42-47)59-33-16-14-31-56(59)64-60(65)34-18-36-63(64)67(45-23-5-2-6-24-45)62-35-17-20-43-19-7-8-25-48(43)62/h1-42H. The van der Waals surface area contributed by atoms with Crippen LogP contribution in [-0.4, -0.2) is 0 Å². The lowest BCUT2D eigenvalue weighted by Crippen LogP contribution is -2.26.